The van der Waals surface area contributed by atoms with Crippen molar-refractivity contribution in [1.29, 1.82) is 0 Å². The normalized spacial score (nSPS) is 16.4. The Morgan fingerprint density at radius 3 is 2.18 bits per heavy atom. The molecule has 0 radical (unpaired) electrons. The molecule has 6 heteroatoms. The third-order valence-corrected chi connectivity index (χ3v) is 6.85. The second-order valence-corrected chi connectivity index (χ2v) is 11.2. The van der Waals surface area contributed by atoms with E-state index >= 15 is 0 Å². The minimum Gasteiger partial charge on any atom is -0.386 e. The molecule has 0 amide bonds. The fraction of sp³-hybridized carbons (Fsp3) is 0.455. The van der Waals surface area contributed by atoms with E-state index in [0.29, 0.717) is 17.9 Å². The van der Waals surface area contributed by atoms with Crippen LogP contribution in [0.3, 0.4) is 0 Å². The summed E-state index contributed by atoms with van der Waals surface area (Å²) in [6.07, 6.45) is 0. The SMILES string of the molecule is Cc1ccc(C(C)(C)O)cc1-c1ccc2c(c1)N(C)S(=O)(=O)N2CC(C)(C)C. The number of fused-ring (bicyclic) bond motifs is 1. The van der Waals surface area contributed by atoms with Crippen molar-refractivity contribution >= 4 is 21.6 Å². The molecule has 2 aromatic carbocycles. The maximum Gasteiger partial charge on any atom is 0.326 e. The van der Waals surface area contributed by atoms with Crippen molar-refractivity contribution < 1.29 is 13.5 Å². The predicted octanol–water partition coefficient (Wildman–Crippen LogP) is 4.44. The highest BCUT2D eigenvalue weighted by Crippen LogP contribution is 2.44. The molecule has 0 unspecified atom stereocenters. The molecule has 0 fully saturated rings. The fourth-order valence-corrected chi connectivity index (χ4v) is 5.11. The van der Waals surface area contributed by atoms with Gasteiger partial charge in [-0.15, -0.1) is 0 Å². The number of rotatable bonds is 3. The average Bonchev–Trinajstić information content (AvgIpc) is 2.73. The molecule has 0 bridgehead atoms. The van der Waals surface area contributed by atoms with E-state index in [1.54, 1.807) is 20.9 Å². The molecule has 1 aliphatic rings. The first-order valence-corrected chi connectivity index (χ1v) is 10.9. The molecular weight excluding hydrogens is 372 g/mol. The Balaban J connectivity index is 2.13. The van der Waals surface area contributed by atoms with Gasteiger partial charge in [0.05, 0.1) is 17.0 Å². The van der Waals surface area contributed by atoms with Crippen LogP contribution >= 0.6 is 0 Å². The number of hydrogen-bond acceptors (Lipinski definition) is 3. The summed E-state index contributed by atoms with van der Waals surface area (Å²) in [5, 5.41) is 10.4. The molecule has 3 rings (SSSR count). The lowest BCUT2D eigenvalue weighted by Crippen LogP contribution is -2.40. The van der Waals surface area contributed by atoms with Gasteiger partial charge in [0.2, 0.25) is 0 Å². The van der Waals surface area contributed by atoms with E-state index < -0.39 is 15.8 Å². The van der Waals surface area contributed by atoms with Gasteiger partial charge in [0.1, 0.15) is 0 Å². The Bertz CT molecular complexity index is 1020. The van der Waals surface area contributed by atoms with Crippen LogP contribution in [-0.2, 0) is 15.8 Å². The molecule has 0 saturated heterocycles. The smallest absolute Gasteiger partial charge is 0.326 e. The molecule has 0 spiro atoms. The van der Waals surface area contributed by atoms with E-state index in [1.807, 2.05) is 64.1 Å². The highest BCUT2D eigenvalue weighted by atomic mass is 32.2. The lowest BCUT2D eigenvalue weighted by atomic mass is 9.91. The molecule has 0 atom stereocenters. The first-order valence-electron chi connectivity index (χ1n) is 9.46. The Morgan fingerprint density at radius 2 is 1.61 bits per heavy atom. The first kappa shape index (κ1) is 20.7. The number of aliphatic hydroxyl groups is 1. The van der Waals surface area contributed by atoms with Gasteiger partial charge in [-0.25, -0.2) is 0 Å². The maximum absolute atomic E-state index is 12.9. The second kappa shape index (κ2) is 6.49. The van der Waals surface area contributed by atoms with Gasteiger partial charge in [-0.2, -0.15) is 8.42 Å². The van der Waals surface area contributed by atoms with Crippen molar-refractivity contribution in [2.45, 2.75) is 47.1 Å². The summed E-state index contributed by atoms with van der Waals surface area (Å²) in [5.41, 5.74) is 4.10. The van der Waals surface area contributed by atoms with Crippen molar-refractivity contribution in [3.05, 3.63) is 47.5 Å². The van der Waals surface area contributed by atoms with Crippen LogP contribution in [0.4, 0.5) is 11.4 Å². The summed E-state index contributed by atoms with van der Waals surface area (Å²) in [6, 6.07) is 11.7. The summed E-state index contributed by atoms with van der Waals surface area (Å²) in [7, 11) is -1.97. The van der Waals surface area contributed by atoms with E-state index in [2.05, 4.69) is 0 Å². The molecular formula is C22H30N2O3S. The van der Waals surface area contributed by atoms with E-state index in [1.165, 1.54) is 8.61 Å². The standard InChI is InChI=1S/C22H30N2O3S/c1-15-8-10-17(22(5,6)25)13-18(15)16-9-11-19-20(12-16)23(7)28(26,27)24(19)14-21(2,3)4/h8-13,25H,14H2,1-7H3. The van der Waals surface area contributed by atoms with Crippen LogP contribution in [0.1, 0.15) is 45.7 Å². The fourth-order valence-electron chi connectivity index (χ4n) is 3.46. The summed E-state index contributed by atoms with van der Waals surface area (Å²) < 4.78 is 28.7. The molecule has 1 heterocycles. The minimum absolute atomic E-state index is 0.161. The number of hydrogen-bond donors (Lipinski definition) is 1. The van der Waals surface area contributed by atoms with Gasteiger partial charge in [0.25, 0.3) is 0 Å². The molecule has 2 aromatic rings. The quantitative estimate of drug-likeness (QED) is 0.826. The molecule has 5 nitrogen and oxygen atoms in total. The van der Waals surface area contributed by atoms with Gasteiger partial charge < -0.3 is 5.11 Å². The van der Waals surface area contributed by atoms with Gasteiger partial charge in [-0.1, -0.05) is 39.0 Å². The topological polar surface area (TPSA) is 60.9 Å². The average molecular weight is 403 g/mol. The van der Waals surface area contributed by atoms with Crippen molar-refractivity contribution in [2.24, 2.45) is 5.41 Å². The summed E-state index contributed by atoms with van der Waals surface area (Å²) in [6.45, 7) is 12.0. The van der Waals surface area contributed by atoms with Crippen LogP contribution in [0.2, 0.25) is 0 Å². The zero-order valence-electron chi connectivity index (χ0n) is 17.7. The van der Waals surface area contributed by atoms with Crippen LogP contribution in [0, 0.1) is 12.3 Å². The highest BCUT2D eigenvalue weighted by Gasteiger charge is 2.39. The number of nitrogens with zero attached hydrogens (tertiary/aromatic N) is 2. The van der Waals surface area contributed by atoms with E-state index in [0.717, 1.165) is 22.3 Å². The maximum atomic E-state index is 12.9. The predicted molar refractivity (Wildman–Crippen MR) is 116 cm³/mol. The summed E-state index contributed by atoms with van der Waals surface area (Å²) in [4.78, 5) is 0. The minimum atomic E-state index is -3.57. The summed E-state index contributed by atoms with van der Waals surface area (Å²) in [5.74, 6) is 0. The Hall–Kier alpha value is -2.05. The number of benzene rings is 2. The first-order chi connectivity index (χ1) is 12.7. The zero-order chi connectivity index (χ0) is 21.1. The molecule has 0 aromatic heterocycles. The van der Waals surface area contributed by atoms with Crippen LogP contribution < -0.4 is 8.61 Å². The van der Waals surface area contributed by atoms with Crippen LogP contribution in [0.5, 0.6) is 0 Å². The van der Waals surface area contributed by atoms with Crippen molar-refractivity contribution in [1.82, 2.24) is 0 Å². The Labute approximate surface area is 168 Å². The number of aryl methyl sites for hydroxylation is 1. The third kappa shape index (κ3) is 3.63. The Kier molecular flexibility index (Phi) is 4.79. The molecule has 0 aliphatic carbocycles. The van der Waals surface area contributed by atoms with Gasteiger partial charge in [-0.3, -0.25) is 8.61 Å². The van der Waals surface area contributed by atoms with Crippen molar-refractivity contribution in [3.8, 4) is 11.1 Å². The van der Waals surface area contributed by atoms with E-state index in [9.17, 15) is 13.5 Å². The molecule has 152 valence electrons. The molecule has 28 heavy (non-hydrogen) atoms. The van der Waals surface area contributed by atoms with Crippen LogP contribution in [0.25, 0.3) is 11.1 Å². The highest BCUT2D eigenvalue weighted by molar-refractivity contribution is 7.94. The van der Waals surface area contributed by atoms with Crippen molar-refractivity contribution in [2.75, 3.05) is 22.2 Å². The van der Waals surface area contributed by atoms with Gasteiger partial charge in [0.15, 0.2) is 0 Å². The number of anilines is 2. The zero-order valence-corrected chi connectivity index (χ0v) is 18.6. The summed E-state index contributed by atoms with van der Waals surface area (Å²) >= 11 is 0. The lowest BCUT2D eigenvalue weighted by molar-refractivity contribution is 0.0786. The Morgan fingerprint density at radius 1 is 0.964 bits per heavy atom. The molecule has 0 saturated carbocycles. The molecule has 1 aliphatic heterocycles. The lowest BCUT2D eigenvalue weighted by Gasteiger charge is -2.27. The van der Waals surface area contributed by atoms with E-state index in [4.69, 9.17) is 0 Å². The van der Waals surface area contributed by atoms with Gasteiger partial charge in [-0.05, 0) is 66.6 Å². The third-order valence-electron chi connectivity index (χ3n) is 5.08. The molecule has 1 N–H and O–H groups in total. The van der Waals surface area contributed by atoms with Gasteiger partial charge in [0, 0.05) is 13.6 Å². The second-order valence-electron chi connectivity index (χ2n) is 9.33. The monoisotopic (exact) mass is 402 g/mol. The van der Waals surface area contributed by atoms with Gasteiger partial charge >= 0.3 is 10.2 Å². The largest absolute Gasteiger partial charge is 0.386 e. The van der Waals surface area contributed by atoms with Crippen LogP contribution in [0.15, 0.2) is 36.4 Å². The van der Waals surface area contributed by atoms with E-state index in [-0.39, 0.29) is 5.41 Å². The van der Waals surface area contributed by atoms with Crippen molar-refractivity contribution in [3.63, 3.8) is 0 Å². The van der Waals surface area contributed by atoms with Crippen LogP contribution in [-0.4, -0.2) is 27.1 Å².